The lowest BCUT2D eigenvalue weighted by Gasteiger charge is -2.04. The first-order chi connectivity index (χ1) is 10.1. The van der Waals surface area contributed by atoms with Gasteiger partial charge in [0, 0.05) is 6.54 Å². The molecule has 5 nitrogen and oxygen atoms in total. The summed E-state index contributed by atoms with van der Waals surface area (Å²) >= 11 is 5.80. The van der Waals surface area contributed by atoms with Crippen molar-refractivity contribution < 1.29 is 4.79 Å². The Labute approximate surface area is 126 Å². The molecular weight excluding hydrogens is 288 g/mol. The second-order valence-electron chi connectivity index (χ2n) is 4.76. The lowest BCUT2D eigenvalue weighted by atomic mass is 10.1. The standard InChI is InChI=1S/C15H13ClN4O/c1-10-3-2-4-11(7-10)8-17-15(21)12-9-20-14(18-12)6-5-13(16)19-20/h2-7,9H,8H2,1H3,(H,17,21). The number of halogens is 1. The van der Waals surface area contributed by atoms with Gasteiger partial charge in [-0.25, -0.2) is 9.50 Å². The Hall–Kier alpha value is -2.40. The van der Waals surface area contributed by atoms with Gasteiger partial charge in [0.15, 0.2) is 5.65 Å². The zero-order valence-electron chi connectivity index (χ0n) is 11.4. The van der Waals surface area contributed by atoms with E-state index in [0.29, 0.717) is 23.0 Å². The molecule has 3 rings (SSSR count). The fourth-order valence-electron chi connectivity index (χ4n) is 2.06. The zero-order valence-corrected chi connectivity index (χ0v) is 12.1. The molecule has 2 heterocycles. The van der Waals surface area contributed by atoms with Gasteiger partial charge in [0.1, 0.15) is 10.8 Å². The van der Waals surface area contributed by atoms with E-state index in [9.17, 15) is 4.79 Å². The highest BCUT2D eigenvalue weighted by Crippen LogP contribution is 2.09. The van der Waals surface area contributed by atoms with Crippen LogP contribution in [-0.2, 0) is 6.54 Å². The number of amides is 1. The second-order valence-corrected chi connectivity index (χ2v) is 5.14. The third-order valence-corrected chi connectivity index (χ3v) is 3.26. The van der Waals surface area contributed by atoms with Crippen LogP contribution in [0.15, 0.2) is 42.6 Å². The van der Waals surface area contributed by atoms with E-state index in [4.69, 9.17) is 11.6 Å². The Kier molecular flexibility index (Phi) is 3.58. The van der Waals surface area contributed by atoms with Crippen LogP contribution in [0.25, 0.3) is 5.65 Å². The van der Waals surface area contributed by atoms with E-state index >= 15 is 0 Å². The molecule has 0 fully saturated rings. The van der Waals surface area contributed by atoms with Crippen molar-refractivity contribution in [3.8, 4) is 0 Å². The third kappa shape index (κ3) is 3.03. The number of rotatable bonds is 3. The van der Waals surface area contributed by atoms with Crippen molar-refractivity contribution in [3.63, 3.8) is 0 Å². The van der Waals surface area contributed by atoms with Gasteiger partial charge in [0.05, 0.1) is 6.20 Å². The van der Waals surface area contributed by atoms with Gasteiger partial charge in [-0.15, -0.1) is 0 Å². The molecule has 0 unspecified atom stereocenters. The molecule has 1 aromatic carbocycles. The van der Waals surface area contributed by atoms with Gasteiger partial charge in [0.25, 0.3) is 5.91 Å². The number of hydrogen-bond acceptors (Lipinski definition) is 3. The number of nitrogens with one attached hydrogen (secondary N) is 1. The van der Waals surface area contributed by atoms with Crippen molar-refractivity contribution in [3.05, 3.63) is 64.6 Å². The first-order valence-electron chi connectivity index (χ1n) is 6.47. The van der Waals surface area contributed by atoms with Crippen LogP contribution >= 0.6 is 11.6 Å². The quantitative estimate of drug-likeness (QED) is 0.809. The number of nitrogens with zero attached hydrogens (tertiary/aromatic N) is 3. The van der Waals surface area contributed by atoms with E-state index in [0.717, 1.165) is 11.1 Å². The molecule has 1 N–H and O–H groups in total. The fraction of sp³-hybridized carbons (Fsp3) is 0.133. The lowest BCUT2D eigenvalue weighted by Crippen LogP contribution is -2.23. The summed E-state index contributed by atoms with van der Waals surface area (Å²) in [6.45, 7) is 2.48. The molecule has 0 spiro atoms. The van der Waals surface area contributed by atoms with Crippen molar-refractivity contribution in [2.75, 3.05) is 0 Å². The highest BCUT2D eigenvalue weighted by molar-refractivity contribution is 6.29. The predicted octanol–water partition coefficient (Wildman–Crippen LogP) is 2.62. The first-order valence-corrected chi connectivity index (χ1v) is 6.85. The van der Waals surface area contributed by atoms with Crippen LogP contribution in [0.4, 0.5) is 0 Å². The molecule has 0 radical (unpaired) electrons. The van der Waals surface area contributed by atoms with Gasteiger partial charge in [-0.1, -0.05) is 41.4 Å². The van der Waals surface area contributed by atoms with Crippen LogP contribution < -0.4 is 5.32 Å². The largest absolute Gasteiger partial charge is 0.347 e. The smallest absolute Gasteiger partial charge is 0.271 e. The minimum Gasteiger partial charge on any atom is -0.347 e. The molecule has 6 heteroatoms. The van der Waals surface area contributed by atoms with Gasteiger partial charge in [-0.05, 0) is 24.6 Å². The van der Waals surface area contributed by atoms with Crippen LogP contribution in [0.1, 0.15) is 21.6 Å². The Morgan fingerprint density at radius 3 is 3.00 bits per heavy atom. The first kappa shape index (κ1) is 13.6. The highest BCUT2D eigenvalue weighted by Gasteiger charge is 2.11. The Morgan fingerprint density at radius 2 is 2.19 bits per heavy atom. The minimum absolute atomic E-state index is 0.238. The normalized spacial score (nSPS) is 10.8. The minimum atomic E-state index is -0.238. The number of aromatic nitrogens is 3. The molecular formula is C15H13ClN4O. The summed E-state index contributed by atoms with van der Waals surface area (Å²) in [5.41, 5.74) is 3.11. The third-order valence-electron chi connectivity index (χ3n) is 3.06. The van der Waals surface area contributed by atoms with Crippen LogP contribution in [0.5, 0.6) is 0 Å². The Balaban J connectivity index is 1.74. The lowest BCUT2D eigenvalue weighted by molar-refractivity contribution is 0.0946. The summed E-state index contributed by atoms with van der Waals surface area (Å²) in [6.07, 6.45) is 1.56. The van der Waals surface area contributed by atoms with Crippen LogP contribution in [0.3, 0.4) is 0 Å². The average molecular weight is 301 g/mol. The molecule has 0 bridgehead atoms. The maximum atomic E-state index is 12.1. The molecule has 0 aliphatic heterocycles. The van der Waals surface area contributed by atoms with Crippen molar-refractivity contribution in [1.29, 1.82) is 0 Å². The number of imidazole rings is 1. The van der Waals surface area contributed by atoms with Crippen molar-refractivity contribution in [2.24, 2.45) is 0 Å². The molecule has 0 saturated heterocycles. The van der Waals surface area contributed by atoms with Crippen molar-refractivity contribution in [2.45, 2.75) is 13.5 Å². The topological polar surface area (TPSA) is 59.3 Å². The number of hydrogen-bond donors (Lipinski definition) is 1. The SMILES string of the molecule is Cc1cccc(CNC(=O)c2cn3nc(Cl)ccc3n2)c1. The van der Waals surface area contributed by atoms with E-state index in [1.54, 1.807) is 18.3 Å². The van der Waals surface area contributed by atoms with Crippen molar-refractivity contribution >= 4 is 23.2 Å². The van der Waals surface area contributed by atoms with Gasteiger partial charge in [-0.3, -0.25) is 4.79 Å². The Bertz CT molecular complexity index is 812. The zero-order chi connectivity index (χ0) is 14.8. The molecule has 21 heavy (non-hydrogen) atoms. The second kappa shape index (κ2) is 5.54. The number of fused-ring (bicyclic) bond motifs is 1. The van der Waals surface area contributed by atoms with E-state index in [2.05, 4.69) is 15.4 Å². The summed E-state index contributed by atoms with van der Waals surface area (Å²) in [4.78, 5) is 16.3. The van der Waals surface area contributed by atoms with Crippen molar-refractivity contribution in [1.82, 2.24) is 19.9 Å². The van der Waals surface area contributed by atoms with E-state index < -0.39 is 0 Å². The molecule has 0 atom stereocenters. The highest BCUT2D eigenvalue weighted by atomic mass is 35.5. The maximum Gasteiger partial charge on any atom is 0.271 e. The monoisotopic (exact) mass is 300 g/mol. The average Bonchev–Trinajstić information content (AvgIpc) is 2.88. The maximum absolute atomic E-state index is 12.1. The number of benzene rings is 1. The summed E-state index contributed by atoms with van der Waals surface area (Å²) in [7, 11) is 0. The van der Waals surface area contributed by atoms with Gasteiger partial charge < -0.3 is 5.32 Å². The summed E-state index contributed by atoms with van der Waals surface area (Å²) < 4.78 is 1.49. The Morgan fingerprint density at radius 1 is 1.33 bits per heavy atom. The fourth-order valence-corrected chi connectivity index (χ4v) is 2.21. The number of carbonyl (C=O) groups excluding carboxylic acids is 1. The molecule has 0 aliphatic rings. The predicted molar refractivity (Wildman–Crippen MR) is 80.3 cm³/mol. The van der Waals surface area contributed by atoms with Gasteiger partial charge in [0.2, 0.25) is 0 Å². The molecule has 1 amide bonds. The van der Waals surface area contributed by atoms with E-state index in [1.165, 1.54) is 4.52 Å². The summed E-state index contributed by atoms with van der Waals surface area (Å²) in [5, 5.41) is 7.24. The summed E-state index contributed by atoms with van der Waals surface area (Å²) in [6, 6.07) is 11.3. The number of aryl methyl sites for hydroxylation is 1. The molecule has 3 aromatic rings. The number of carbonyl (C=O) groups is 1. The van der Waals surface area contributed by atoms with E-state index in [1.807, 2.05) is 31.2 Å². The van der Waals surface area contributed by atoms with Crippen LogP contribution in [-0.4, -0.2) is 20.5 Å². The van der Waals surface area contributed by atoms with Gasteiger partial charge in [-0.2, -0.15) is 5.10 Å². The molecule has 106 valence electrons. The van der Waals surface area contributed by atoms with Crippen LogP contribution in [0, 0.1) is 6.92 Å². The van der Waals surface area contributed by atoms with Gasteiger partial charge >= 0.3 is 0 Å². The molecule has 2 aromatic heterocycles. The van der Waals surface area contributed by atoms with E-state index in [-0.39, 0.29) is 5.91 Å². The van der Waals surface area contributed by atoms with Crippen LogP contribution in [0.2, 0.25) is 5.15 Å². The molecule has 0 saturated carbocycles. The summed E-state index contributed by atoms with van der Waals surface area (Å²) in [5.74, 6) is -0.238. The molecule has 0 aliphatic carbocycles.